The summed E-state index contributed by atoms with van der Waals surface area (Å²) in [4.78, 5) is 15.0. The van der Waals surface area contributed by atoms with Gasteiger partial charge in [-0.05, 0) is 43.0 Å². The molecule has 0 N–H and O–H groups in total. The van der Waals surface area contributed by atoms with Gasteiger partial charge >= 0.3 is 0 Å². The highest BCUT2D eigenvalue weighted by Crippen LogP contribution is 2.34. The normalized spacial score (nSPS) is 16.6. The molecule has 1 amide bonds. The Labute approximate surface area is 171 Å². The maximum absolute atomic E-state index is 13.0. The van der Waals surface area contributed by atoms with Crippen LogP contribution in [0.3, 0.4) is 0 Å². The zero-order chi connectivity index (χ0) is 20.2. The van der Waals surface area contributed by atoms with Gasteiger partial charge in [-0.15, -0.1) is 0 Å². The number of carbonyl (C=O) groups is 1. The molecule has 29 heavy (non-hydrogen) atoms. The van der Waals surface area contributed by atoms with E-state index in [1.54, 1.807) is 6.08 Å². The van der Waals surface area contributed by atoms with Gasteiger partial charge in [-0.3, -0.25) is 4.79 Å². The molecular formula is C25H25N3O. The van der Waals surface area contributed by atoms with Gasteiger partial charge in [0.1, 0.15) is 0 Å². The van der Waals surface area contributed by atoms with Crippen LogP contribution in [0.1, 0.15) is 42.0 Å². The number of amides is 1. The summed E-state index contributed by atoms with van der Waals surface area (Å²) in [5.74, 6) is 0.0598. The summed E-state index contributed by atoms with van der Waals surface area (Å²) >= 11 is 0. The lowest BCUT2D eigenvalue weighted by Gasteiger charge is -2.25. The van der Waals surface area contributed by atoms with E-state index in [0.29, 0.717) is 13.0 Å². The summed E-state index contributed by atoms with van der Waals surface area (Å²) in [6.07, 6.45) is 8.17. The number of fused-ring (bicyclic) bond motifs is 1. The van der Waals surface area contributed by atoms with Crippen LogP contribution >= 0.6 is 0 Å². The first-order valence-electron chi connectivity index (χ1n) is 10.2. The Morgan fingerprint density at radius 3 is 2.83 bits per heavy atom. The molecule has 1 atom stereocenters. The molecule has 1 saturated heterocycles. The average Bonchev–Trinajstić information content (AvgIpc) is 3.36. The molecule has 1 aromatic heterocycles. The summed E-state index contributed by atoms with van der Waals surface area (Å²) < 4.78 is 2.09. The van der Waals surface area contributed by atoms with Gasteiger partial charge in [0.15, 0.2) is 0 Å². The molecular weight excluding hydrogens is 358 g/mol. The SMILES string of the molecule is Cc1ccccc1C1CCCN1C(=O)/C=C/c1cn(CCC#N)c2ccccc12. The van der Waals surface area contributed by atoms with Crippen LogP contribution in [0, 0.1) is 18.3 Å². The molecule has 1 aliphatic rings. The summed E-state index contributed by atoms with van der Waals surface area (Å²) in [5, 5.41) is 10.0. The van der Waals surface area contributed by atoms with Crippen LogP contribution in [0.4, 0.5) is 0 Å². The number of para-hydroxylation sites is 1. The number of nitriles is 1. The highest BCUT2D eigenvalue weighted by atomic mass is 16.2. The van der Waals surface area contributed by atoms with E-state index in [2.05, 4.69) is 47.9 Å². The van der Waals surface area contributed by atoms with Crippen molar-refractivity contribution in [3.63, 3.8) is 0 Å². The molecule has 1 fully saturated rings. The third-order valence-corrected chi connectivity index (χ3v) is 5.77. The maximum Gasteiger partial charge on any atom is 0.247 e. The number of hydrogen-bond acceptors (Lipinski definition) is 2. The van der Waals surface area contributed by atoms with E-state index in [0.717, 1.165) is 35.9 Å². The Morgan fingerprint density at radius 1 is 1.21 bits per heavy atom. The van der Waals surface area contributed by atoms with Crippen molar-refractivity contribution in [1.29, 1.82) is 5.26 Å². The monoisotopic (exact) mass is 383 g/mol. The predicted octanol–water partition coefficient (Wildman–Crippen LogP) is 5.24. The van der Waals surface area contributed by atoms with Crippen molar-refractivity contribution in [2.45, 2.75) is 38.8 Å². The quantitative estimate of drug-likeness (QED) is 0.566. The van der Waals surface area contributed by atoms with E-state index in [4.69, 9.17) is 5.26 Å². The Morgan fingerprint density at radius 2 is 2.00 bits per heavy atom. The lowest BCUT2D eigenvalue weighted by atomic mass is 9.99. The Kier molecular flexibility index (Phi) is 5.48. The number of benzene rings is 2. The predicted molar refractivity (Wildman–Crippen MR) is 116 cm³/mol. The lowest BCUT2D eigenvalue weighted by molar-refractivity contribution is -0.126. The summed E-state index contributed by atoms with van der Waals surface area (Å²) in [6, 6.07) is 18.8. The van der Waals surface area contributed by atoms with E-state index < -0.39 is 0 Å². The van der Waals surface area contributed by atoms with Gasteiger partial charge < -0.3 is 9.47 Å². The van der Waals surface area contributed by atoms with Gasteiger partial charge in [0.05, 0.1) is 18.5 Å². The fraction of sp³-hybridized carbons (Fsp3) is 0.280. The molecule has 0 bridgehead atoms. The number of likely N-dealkylation sites (tertiary alicyclic amines) is 1. The number of rotatable bonds is 5. The lowest BCUT2D eigenvalue weighted by Crippen LogP contribution is -2.29. The molecule has 1 unspecified atom stereocenters. The van der Waals surface area contributed by atoms with Crippen LogP contribution in [0.5, 0.6) is 0 Å². The second-order valence-corrected chi connectivity index (χ2v) is 7.58. The van der Waals surface area contributed by atoms with Gasteiger partial charge in [-0.1, -0.05) is 42.5 Å². The Hall–Kier alpha value is -3.32. The second kappa shape index (κ2) is 8.36. The Bertz CT molecular complexity index is 1100. The number of nitrogens with zero attached hydrogens (tertiary/aromatic N) is 3. The molecule has 0 radical (unpaired) electrons. The second-order valence-electron chi connectivity index (χ2n) is 7.58. The maximum atomic E-state index is 13.0. The fourth-order valence-electron chi connectivity index (χ4n) is 4.33. The van der Waals surface area contributed by atoms with E-state index >= 15 is 0 Å². The molecule has 146 valence electrons. The minimum atomic E-state index is 0.0598. The van der Waals surface area contributed by atoms with E-state index in [-0.39, 0.29) is 11.9 Å². The van der Waals surface area contributed by atoms with Crippen LogP contribution in [-0.4, -0.2) is 21.9 Å². The summed E-state index contributed by atoms with van der Waals surface area (Å²) in [7, 11) is 0. The number of aromatic nitrogens is 1. The van der Waals surface area contributed by atoms with Crippen molar-refractivity contribution in [2.75, 3.05) is 6.54 Å². The topological polar surface area (TPSA) is 49.0 Å². The largest absolute Gasteiger partial charge is 0.346 e. The molecule has 3 aromatic rings. The summed E-state index contributed by atoms with van der Waals surface area (Å²) in [5.41, 5.74) is 4.59. The van der Waals surface area contributed by atoms with Crippen molar-refractivity contribution in [3.05, 3.63) is 77.5 Å². The van der Waals surface area contributed by atoms with Gasteiger partial charge in [0.25, 0.3) is 0 Å². The van der Waals surface area contributed by atoms with Crippen LogP contribution in [-0.2, 0) is 11.3 Å². The fourth-order valence-corrected chi connectivity index (χ4v) is 4.33. The third kappa shape index (κ3) is 3.82. The molecule has 0 aliphatic carbocycles. The van der Waals surface area contributed by atoms with E-state index in [9.17, 15) is 4.79 Å². The molecule has 4 heteroatoms. The number of aryl methyl sites for hydroxylation is 2. The van der Waals surface area contributed by atoms with Crippen LogP contribution in [0.2, 0.25) is 0 Å². The molecule has 0 spiro atoms. The van der Waals surface area contributed by atoms with Crippen molar-refractivity contribution in [3.8, 4) is 6.07 Å². The molecule has 0 saturated carbocycles. The standard InChI is InChI=1S/C25H25N3O/c1-19-8-2-3-9-21(19)24-12-6-17-28(24)25(29)14-13-20-18-27(16-7-15-26)23-11-5-4-10-22(20)23/h2-5,8-11,13-14,18,24H,6-7,12,16-17H2,1H3/b14-13+. The Balaban J connectivity index is 1.58. The molecule has 1 aliphatic heterocycles. The molecule has 2 heterocycles. The number of hydrogen-bond donors (Lipinski definition) is 0. The van der Waals surface area contributed by atoms with Crippen molar-refractivity contribution < 1.29 is 4.79 Å². The zero-order valence-electron chi connectivity index (χ0n) is 16.7. The van der Waals surface area contributed by atoms with Crippen LogP contribution in [0.15, 0.2) is 60.8 Å². The molecule has 4 rings (SSSR count). The van der Waals surface area contributed by atoms with Gasteiger partial charge in [-0.2, -0.15) is 5.26 Å². The minimum Gasteiger partial charge on any atom is -0.346 e. The minimum absolute atomic E-state index is 0.0598. The van der Waals surface area contributed by atoms with E-state index in [1.165, 1.54) is 11.1 Å². The third-order valence-electron chi connectivity index (χ3n) is 5.77. The average molecular weight is 383 g/mol. The number of carbonyl (C=O) groups excluding carboxylic acids is 1. The van der Waals surface area contributed by atoms with Gasteiger partial charge in [0.2, 0.25) is 5.91 Å². The molecule has 4 nitrogen and oxygen atoms in total. The van der Waals surface area contributed by atoms with Gasteiger partial charge in [-0.25, -0.2) is 0 Å². The van der Waals surface area contributed by atoms with Crippen molar-refractivity contribution in [1.82, 2.24) is 9.47 Å². The van der Waals surface area contributed by atoms with Gasteiger partial charge in [0, 0.05) is 41.8 Å². The first-order chi connectivity index (χ1) is 14.2. The highest BCUT2D eigenvalue weighted by molar-refractivity contribution is 5.96. The highest BCUT2D eigenvalue weighted by Gasteiger charge is 2.29. The first kappa shape index (κ1) is 19.0. The van der Waals surface area contributed by atoms with Crippen molar-refractivity contribution in [2.24, 2.45) is 0 Å². The summed E-state index contributed by atoms with van der Waals surface area (Å²) in [6.45, 7) is 3.56. The molecule has 2 aromatic carbocycles. The van der Waals surface area contributed by atoms with E-state index in [1.807, 2.05) is 35.4 Å². The van der Waals surface area contributed by atoms with Crippen LogP contribution in [0.25, 0.3) is 17.0 Å². The zero-order valence-corrected chi connectivity index (χ0v) is 16.7. The first-order valence-corrected chi connectivity index (χ1v) is 10.2. The van der Waals surface area contributed by atoms with Crippen LogP contribution < -0.4 is 0 Å². The smallest absolute Gasteiger partial charge is 0.247 e. The van der Waals surface area contributed by atoms with Crippen molar-refractivity contribution >= 4 is 22.9 Å².